The van der Waals surface area contributed by atoms with Gasteiger partial charge in [0.15, 0.2) is 0 Å². The van der Waals surface area contributed by atoms with Crippen LogP contribution in [0.25, 0.3) is 0 Å². The van der Waals surface area contributed by atoms with E-state index in [2.05, 4.69) is 4.74 Å². The van der Waals surface area contributed by atoms with E-state index in [1.165, 1.54) is 7.05 Å². The maximum absolute atomic E-state index is 11.8. The molecule has 0 unspecified atom stereocenters. The molecule has 0 fully saturated rings. The Balaban J connectivity index is 2.85. The van der Waals surface area contributed by atoms with E-state index in [1.807, 2.05) is 0 Å². The molecule has 1 aromatic rings. The average Bonchev–Trinajstić information content (AvgIpc) is 2.38. The van der Waals surface area contributed by atoms with Crippen molar-refractivity contribution < 1.29 is 17.9 Å². The van der Waals surface area contributed by atoms with Crippen LogP contribution in [0, 0.1) is 5.41 Å². The summed E-state index contributed by atoms with van der Waals surface area (Å²) < 4.78 is 30.5. The van der Waals surface area contributed by atoms with Gasteiger partial charge in [-0.05, 0) is 11.6 Å². The molecule has 0 atom stereocenters. The fourth-order valence-electron chi connectivity index (χ4n) is 1.40. The highest BCUT2D eigenvalue weighted by Gasteiger charge is 2.21. The van der Waals surface area contributed by atoms with Gasteiger partial charge in [0, 0.05) is 19.2 Å². The summed E-state index contributed by atoms with van der Waals surface area (Å²) in [7, 11) is -1.60. The van der Waals surface area contributed by atoms with E-state index in [0.717, 1.165) is 11.4 Å². The van der Waals surface area contributed by atoms with Gasteiger partial charge in [0.25, 0.3) is 0 Å². The number of benzene rings is 1. The zero-order valence-corrected chi connectivity index (χ0v) is 11.9. The Morgan fingerprint density at radius 3 is 2.70 bits per heavy atom. The quantitative estimate of drug-likeness (QED) is 0.521. The number of carbonyl (C=O) groups is 1. The van der Waals surface area contributed by atoms with Gasteiger partial charge in [0.05, 0.1) is 7.11 Å². The van der Waals surface area contributed by atoms with E-state index in [1.54, 1.807) is 29.0 Å². The minimum Gasteiger partial charge on any atom is -0.452 e. The second kappa shape index (κ2) is 6.35. The Kier molecular flexibility index (Phi) is 5.06. The molecule has 0 heterocycles. The van der Waals surface area contributed by atoms with Crippen LogP contribution in [0.4, 0.5) is 4.79 Å². The first-order chi connectivity index (χ1) is 9.26. The number of amides is 1. The molecular weight excluding hydrogens is 284 g/mol. The zero-order valence-electron chi connectivity index (χ0n) is 11.1. The summed E-state index contributed by atoms with van der Waals surface area (Å²) in [6.07, 6.45) is -1.06. The number of carbonyl (C=O) groups excluding carboxylic acids is 1. The monoisotopic (exact) mass is 300 g/mol. The summed E-state index contributed by atoms with van der Waals surface area (Å²) >= 11 is 0. The number of amidine groups is 1. The number of ether oxygens (including phenoxy) is 1. The van der Waals surface area contributed by atoms with Crippen LogP contribution in [0.2, 0.25) is 0 Å². The number of nitrogens with one attached hydrogen (secondary N) is 2. The number of hydrogen-bond donors (Lipinski definition) is 3. The lowest BCUT2D eigenvalue weighted by molar-refractivity contribution is 0.177. The molecule has 8 nitrogen and oxygen atoms in total. The highest BCUT2D eigenvalue weighted by atomic mass is 32.2. The van der Waals surface area contributed by atoms with Gasteiger partial charge in [-0.3, -0.25) is 5.41 Å². The first-order valence-corrected chi connectivity index (χ1v) is 6.95. The zero-order chi connectivity index (χ0) is 15.3. The molecule has 1 amide bonds. The maximum Gasteiger partial charge on any atom is 0.421 e. The second-order valence-corrected chi connectivity index (χ2v) is 5.75. The molecule has 0 saturated heterocycles. The predicted octanol–water partition coefficient (Wildman–Crippen LogP) is 0.00327. The van der Waals surface area contributed by atoms with Crippen molar-refractivity contribution in [2.45, 2.75) is 6.54 Å². The minimum atomic E-state index is -3.98. The summed E-state index contributed by atoms with van der Waals surface area (Å²) in [5, 5.41) is 7.33. The van der Waals surface area contributed by atoms with Gasteiger partial charge in [-0.25, -0.2) is 9.52 Å². The number of hydrogen-bond acceptors (Lipinski definition) is 5. The summed E-state index contributed by atoms with van der Waals surface area (Å²) in [6, 6.07) is 6.61. The third-order valence-corrected chi connectivity index (χ3v) is 3.83. The fourth-order valence-corrected chi connectivity index (χ4v) is 2.17. The van der Waals surface area contributed by atoms with Gasteiger partial charge < -0.3 is 10.5 Å². The van der Waals surface area contributed by atoms with Crippen molar-refractivity contribution in [2.75, 3.05) is 14.2 Å². The van der Waals surface area contributed by atoms with Crippen LogP contribution in [0.3, 0.4) is 0 Å². The van der Waals surface area contributed by atoms with Crippen LogP contribution < -0.4 is 10.5 Å². The Labute approximate surface area is 117 Å². The largest absolute Gasteiger partial charge is 0.452 e. The van der Waals surface area contributed by atoms with E-state index >= 15 is 0 Å². The van der Waals surface area contributed by atoms with Crippen LogP contribution in [0.5, 0.6) is 0 Å². The van der Waals surface area contributed by atoms with Crippen molar-refractivity contribution >= 4 is 22.1 Å². The van der Waals surface area contributed by atoms with Crippen molar-refractivity contribution in [3.8, 4) is 0 Å². The molecule has 1 rings (SSSR count). The molecule has 0 bridgehead atoms. The molecule has 0 radical (unpaired) electrons. The van der Waals surface area contributed by atoms with Crippen LogP contribution in [-0.4, -0.2) is 38.8 Å². The van der Waals surface area contributed by atoms with Crippen molar-refractivity contribution in [3.05, 3.63) is 35.4 Å². The van der Waals surface area contributed by atoms with Gasteiger partial charge in [0.2, 0.25) is 0 Å². The van der Waals surface area contributed by atoms with Crippen molar-refractivity contribution in [2.24, 2.45) is 5.73 Å². The molecule has 0 aromatic heterocycles. The number of nitrogens with two attached hydrogens (primary N) is 1. The number of nitrogen functional groups attached to an aromatic ring is 1. The molecular formula is C11H16N4O4S. The lowest BCUT2D eigenvalue weighted by atomic mass is 10.1. The molecule has 0 aliphatic heterocycles. The number of nitrogens with zero attached hydrogens (tertiary/aromatic N) is 1. The topological polar surface area (TPSA) is 126 Å². The van der Waals surface area contributed by atoms with E-state index in [4.69, 9.17) is 11.1 Å². The molecule has 0 saturated carbocycles. The van der Waals surface area contributed by atoms with Crippen molar-refractivity contribution in [1.29, 1.82) is 5.41 Å². The normalized spacial score (nSPS) is 11.2. The summed E-state index contributed by atoms with van der Waals surface area (Å²) in [5.41, 5.74) is 6.49. The smallest absolute Gasteiger partial charge is 0.421 e. The minimum absolute atomic E-state index is 0.0213. The van der Waals surface area contributed by atoms with Crippen molar-refractivity contribution in [1.82, 2.24) is 9.03 Å². The first-order valence-electron chi connectivity index (χ1n) is 5.51. The number of rotatable bonds is 5. The van der Waals surface area contributed by atoms with E-state index in [9.17, 15) is 13.2 Å². The second-order valence-electron chi connectivity index (χ2n) is 3.97. The van der Waals surface area contributed by atoms with Crippen molar-refractivity contribution in [3.63, 3.8) is 0 Å². The summed E-state index contributed by atoms with van der Waals surface area (Å²) in [6.45, 7) is 0.0213. The molecule has 0 aliphatic carbocycles. The van der Waals surface area contributed by atoms with Gasteiger partial charge in [-0.2, -0.15) is 12.7 Å². The van der Waals surface area contributed by atoms with Gasteiger partial charge in [-0.15, -0.1) is 0 Å². The first kappa shape index (κ1) is 15.9. The van der Waals surface area contributed by atoms with Crippen LogP contribution in [0.1, 0.15) is 11.1 Å². The van der Waals surface area contributed by atoms with Crippen LogP contribution >= 0.6 is 0 Å². The molecule has 110 valence electrons. The standard InChI is InChI=1S/C11H16N4O4S/c1-15(20(17,18)14-11(16)19-2)7-8-4-3-5-9(6-8)10(12)13/h3-6H,7H2,1-2H3,(H3,12,13)(H,14,16). The molecule has 20 heavy (non-hydrogen) atoms. The predicted molar refractivity (Wildman–Crippen MR) is 73.4 cm³/mol. The third-order valence-electron chi connectivity index (χ3n) is 2.45. The summed E-state index contributed by atoms with van der Waals surface area (Å²) in [4.78, 5) is 10.9. The van der Waals surface area contributed by atoms with Gasteiger partial charge >= 0.3 is 16.3 Å². The molecule has 9 heteroatoms. The Hall–Kier alpha value is -2.13. The van der Waals surface area contributed by atoms with E-state index < -0.39 is 16.3 Å². The maximum atomic E-state index is 11.8. The fraction of sp³-hybridized carbons (Fsp3) is 0.273. The Bertz CT molecular complexity index is 615. The molecule has 0 aliphatic rings. The summed E-state index contributed by atoms with van der Waals surface area (Å²) in [5.74, 6) is -0.106. The molecule has 1 aromatic carbocycles. The Morgan fingerprint density at radius 2 is 2.15 bits per heavy atom. The third kappa shape index (κ3) is 4.21. The Morgan fingerprint density at radius 1 is 1.50 bits per heavy atom. The van der Waals surface area contributed by atoms with Crippen LogP contribution in [-0.2, 0) is 21.5 Å². The lowest BCUT2D eigenvalue weighted by Gasteiger charge is -2.17. The average molecular weight is 300 g/mol. The van der Waals surface area contributed by atoms with E-state index in [0.29, 0.717) is 11.1 Å². The molecule has 0 spiro atoms. The van der Waals surface area contributed by atoms with Gasteiger partial charge in [-0.1, -0.05) is 18.2 Å². The van der Waals surface area contributed by atoms with Crippen LogP contribution in [0.15, 0.2) is 24.3 Å². The number of methoxy groups -OCH3 is 1. The lowest BCUT2D eigenvalue weighted by Crippen LogP contribution is -2.41. The SMILES string of the molecule is COC(=O)NS(=O)(=O)N(C)Cc1cccc(C(=N)N)c1. The van der Waals surface area contributed by atoms with E-state index in [-0.39, 0.29) is 12.4 Å². The van der Waals surface area contributed by atoms with Gasteiger partial charge in [0.1, 0.15) is 5.84 Å². The molecule has 4 N–H and O–H groups in total. The highest BCUT2D eigenvalue weighted by Crippen LogP contribution is 2.09. The highest BCUT2D eigenvalue weighted by molar-refractivity contribution is 7.87.